The second-order valence-electron chi connectivity index (χ2n) is 9.76. The highest BCUT2D eigenvalue weighted by Crippen LogP contribution is 2.40. The minimum Gasteiger partial charge on any atom is -0.396 e. The summed E-state index contributed by atoms with van der Waals surface area (Å²) in [5, 5.41) is 10.1. The van der Waals surface area contributed by atoms with Crippen molar-refractivity contribution in [3.05, 3.63) is 78.9 Å². The highest BCUT2D eigenvalue weighted by molar-refractivity contribution is 7.86. The van der Waals surface area contributed by atoms with Gasteiger partial charge in [0.2, 0.25) is 11.9 Å². The molecule has 250 valence electrons. The number of hydrogen-bond acceptors (Lipinski definition) is 14. The van der Waals surface area contributed by atoms with Crippen molar-refractivity contribution < 1.29 is 43.3 Å². The van der Waals surface area contributed by atoms with Crippen LogP contribution in [0.2, 0.25) is 0 Å². The number of fused-ring (bicyclic) bond motifs is 1. The Morgan fingerprint density at radius 1 is 0.812 bits per heavy atom. The number of nitrogens with zero attached hydrogens (tertiary/aromatic N) is 6. The highest BCUT2D eigenvalue weighted by atomic mass is 32.2. The van der Waals surface area contributed by atoms with Crippen LogP contribution in [-0.4, -0.2) is 60.4 Å². The van der Waals surface area contributed by atoms with E-state index in [-0.39, 0.29) is 28.4 Å². The average molecular weight is 719 g/mol. The third kappa shape index (κ3) is 7.35. The van der Waals surface area contributed by atoms with Crippen molar-refractivity contribution in [2.24, 2.45) is 10.2 Å². The Morgan fingerprint density at radius 3 is 2.12 bits per heavy atom. The zero-order valence-electron chi connectivity index (χ0n) is 24.3. The molecule has 5 aromatic rings. The number of para-hydroxylation sites is 1. The van der Waals surface area contributed by atoms with Crippen molar-refractivity contribution in [1.29, 1.82) is 0 Å². The van der Waals surface area contributed by atoms with Gasteiger partial charge in [-0.05, 0) is 60.8 Å². The van der Waals surface area contributed by atoms with Crippen LogP contribution in [0, 0.1) is 6.08 Å². The molecule has 0 aliphatic heterocycles. The number of aromatic nitrogens is 3. The molecule has 21 heteroatoms. The number of benzene rings is 4. The third-order valence-electron chi connectivity index (χ3n) is 6.64. The van der Waals surface area contributed by atoms with E-state index in [2.05, 4.69) is 30.5 Å². The molecular formula is C27H23FN8O9S3. The summed E-state index contributed by atoms with van der Waals surface area (Å²) in [6.07, 6.45) is -1.14. The quantitative estimate of drug-likeness (QED) is 0.0737. The van der Waals surface area contributed by atoms with Crippen LogP contribution in [0.15, 0.2) is 97.7 Å². The summed E-state index contributed by atoms with van der Waals surface area (Å²) in [4.78, 5) is 10.9. The lowest BCUT2D eigenvalue weighted by atomic mass is 10.1. The van der Waals surface area contributed by atoms with E-state index in [4.69, 9.17) is 5.73 Å². The number of rotatable bonds is 10. The van der Waals surface area contributed by atoms with Crippen molar-refractivity contribution in [2.75, 3.05) is 22.5 Å². The van der Waals surface area contributed by atoms with Gasteiger partial charge in [0.1, 0.15) is 21.2 Å². The number of nitrogens with two attached hydrogens (primary N) is 1. The minimum absolute atomic E-state index is 0.00916. The monoisotopic (exact) mass is 718 g/mol. The van der Waals surface area contributed by atoms with Gasteiger partial charge in [0.25, 0.3) is 30.4 Å². The Labute approximate surface area is 272 Å². The second-order valence-corrected chi connectivity index (χ2v) is 14.0. The molecule has 0 radical (unpaired) electrons. The van der Waals surface area contributed by atoms with E-state index in [0.717, 1.165) is 36.4 Å². The van der Waals surface area contributed by atoms with E-state index in [1.807, 2.05) is 0 Å². The molecule has 0 bridgehead atoms. The first-order valence-corrected chi connectivity index (χ1v) is 17.6. The fourth-order valence-electron chi connectivity index (χ4n) is 4.52. The van der Waals surface area contributed by atoms with Gasteiger partial charge < -0.3 is 16.0 Å². The van der Waals surface area contributed by atoms with Crippen LogP contribution in [0.3, 0.4) is 0 Å². The van der Waals surface area contributed by atoms with Gasteiger partial charge in [0, 0.05) is 23.3 Å². The van der Waals surface area contributed by atoms with E-state index >= 15 is 0 Å². The van der Waals surface area contributed by atoms with Gasteiger partial charge in [-0.2, -0.15) is 44.6 Å². The molecule has 0 aliphatic rings. The Bertz CT molecular complexity index is 2430. The molecule has 4 aromatic carbocycles. The summed E-state index contributed by atoms with van der Waals surface area (Å²) < 4.78 is 116. The van der Waals surface area contributed by atoms with E-state index in [0.29, 0.717) is 12.2 Å². The smallest absolute Gasteiger partial charge is 0.315 e. The standard InChI is InChI=1S/C27H23FN8O9S3/c1-2-36(17-6-4-3-5-7-17)27-32-25(28)31-26(33-27)30-16-8-11-21(47(40,41)42)20(14-16)34-35-24-22(48(43,44)45)13-15-12-18(46(37,38)39)9-10-19(15)23(24)29/h3-14H,2,29H2,1H3,(H,37,38,39)(H,40,41,42)(H,43,44,45)(H,30,31,32,33). The molecule has 1 heterocycles. The van der Waals surface area contributed by atoms with Crippen LogP contribution in [0.1, 0.15) is 6.92 Å². The van der Waals surface area contributed by atoms with Gasteiger partial charge in [-0.1, -0.05) is 24.3 Å². The SMILES string of the molecule is CCN(c1ccccc1)c1nc(F)nc(Nc2ccc(S(=O)(=O)O)c(N=Nc3c(S(=O)(=O)O)cc4cc(S(=O)(=O)O)ccc4c3N)c2)n1. The summed E-state index contributed by atoms with van der Waals surface area (Å²) in [5.74, 6) is -0.354. The molecule has 0 amide bonds. The number of halogens is 1. The third-order valence-corrected chi connectivity index (χ3v) is 9.25. The van der Waals surface area contributed by atoms with Gasteiger partial charge >= 0.3 is 6.08 Å². The molecule has 0 unspecified atom stereocenters. The molecule has 17 nitrogen and oxygen atoms in total. The Kier molecular flexibility index (Phi) is 9.09. The van der Waals surface area contributed by atoms with Crippen LogP contribution in [0.25, 0.3) is 10.8 Å². The van der Waals surface area contributed by atoms with Gasteiger partial charge in [0.15, 0.2) is 0 Å². The molecule has 1 aromatic heterocycles. The first kappa shape index (κ1) is 34.2. The van der Waals surface area contributed by atoms with E-state index in [1.165, 1.54) is 6.07 Å². The summed E-state index contributed by atoms with van der Waals surface area (Å²) in [7, 11) is -14.8. The predicted molar refractivity (Wildman–Crippen MR) is 171 cm³/mol. The Morgan fingerprint density at radius 2 is 1.50 bits per heavy atom. The Balaban J connectivity index is 1.59. The zero-order valence-corrected chi connectivity index (χ0v) is 26.7. The molecular weight excluding hydrogens is 696 g/mol. The predicted octanol–water partition coefficient (Wildman–Crippen LogP) is 4.80. The first-order valence-electron chi connectivity index (χ1n) is 13.3. The van der Waals surface area contributed by atoms with Crippen LogP contribution in [-0.2, 0) is 30.4 Å². The summed E-state index contributed by atoms with van der Waals surface area (Å²) >= 11 is 0. The first-order chi connectivity index (χ1) is 22.5. The van der Waals surface area contributed by atoms with Gasteiger partial charge in [-0.3, -0.25) is 13.7 Å². The Hall–Kier alpha value is -5.19. The molecule has 6 N–H and O–H groups in total. The van der Waals surface area contributed by atoms with Crippen LogP contribution < -0.4 is 16.0 Å². The largest absolute Gasteiger partial charge is 0.396 e. The molecule has 48 heavy (non-hydrogen) atoms. The lowest BCUT2D eigenvalue weighted by molar-refractivity contribution is 0.481. The van der Waals surface area contributed by atoms with Crippen LogP contribution >= 0.6 is 0 Å². The molecule has 0 saturated carbocycles. The second kappa shape index (κ2) is 12.8. The molecule has 0 spiro atoms. The lowest BCUT2D eigenvalue weighted by Crippen LogP contribution is -2.20. The lowest BCUT2D eigenvalue weighted by Gasteiger charge is -2.21. The van der Waals surface area contributed by atoms with Crippen LogP contribution in [0.4, 0.5) is 44.7 Å². The molecule has 0 atom stereocenters. The van der Waals surface area contributed by atoms with Gasteiger partial charge in [-0.15, -0.1) is 10.2 Å². The number of hydrogen-bond donors (Lipinski definition) is 5. The fraction of sp³-hybridized carbons (Fsp3) is 0.0741. The molecule has 0 fully saturated rings. The van der Waals surface area contributed by atoms with Crippen molar-refractivity contribution in [3.63, 3.8) is 0 Å². The summed E-state index contributed by atoms with van der Waals surface area (Å²) in [6.45, 7) is 2.14. The maximum Gasteiger partial charge on any atom is 0.315 e. The van der Waals surface area contributed by atoms with Crippen molar-refractivity contribution in [3.8, 4) is 0 Å². The molecule has 0 saturated heterocycles. The molecule has 5 rings (SSSR count). The minimum atomic E-state index is -5.11. The normalized spacial score (nSPS) is 12.4. The van der Waals surface area contributed by atoms with E-state index in [1.54, 1.807) is 42.2 Å². The number of nitrogens with one attached hydrogen (secondary N) is 1. The zero-order chi connectivity index (χ0) is 35.0. The maximum absolute atomic E-state index is 14.5. The number of nitrogen functional groups attached to an aromatic ring is 1. The number of azo groups is 1. The fourth-order valence-corrected chi connectivity index (χ4v) is 6.31. The van der Waals surface area contributed by atoms with Crippen LogP contribution in [0.5, 0.6) is 0 Å². The van der Waals surface area contributed by atoms with E-state index in [9.17, 15) is 43.3 Å². The van der Waals surface area contributed by atoms with Crippen molar-refractivity contribution in [2.45, 2.75) is 21.6 Å². The van der Waals surface area contributed by atoms with E-state index < -0.39 is 68.2 Å². The number of anilines is 5. The van der Waals surface area contributed by atoms with Crippen molar-refractivity contribution in [1.82, 2.24) is 15.0 Å². The molecule has 0 aliphatic carbocycles. The topological polar surface area (TPSA) is 268 Å². The average Bonchev–Trinajstić information content (AvgIpc) is 2.99. The summed E-state index contributed by atoms with van der Waals surface area (Å²) in [5.41, 5.74) is 5.12. The summed E-state index contributed by atoms with van der Waals surface area (Å²) in [6, 6.07) is 15.8. The maximum atomic E-state index is 14.5. The highest BCUT2D eigenvalue weighted by Gasteiger charge is 2.23. The van der Waals surface area contributed by atoms with Gasteiger partial charge in [0.05, 0.1) is 10.6 Å². The van der Waals surface area contributed by atoms with Crippen molar-refractivity contribution >= 4 is 81.5 Å². The van der Waals surface area contributed by atoms with Gasteiger partial charge in [-0.25, -0.2) is 0 Å².